The molecule has 0 spiro atoms. The first kappa shape index (κ1) is 14.7. The molecule has 6 nitrogen and oxygen atoms in total. The predicted octanol–water partition coefficient (Wildman–Crippen LogP) is 3.24. The van der Waals surface area contributed by atoms with Crippen LogP contribution in [0.2, 0.25) is 0 Å². The zero-order chi connectivity index (χ0) is 16.7. The quantitative estimate of drug-likeness (QED) is 0.800. The van der Waals surface area contributed by atoms with E-state index in [2.05, 4.69) is 15.4 Å². The molecule has 0 aliphatic heterocycles. The average Bonchev–Trinajstić information content (AvgIpc) is 3.32. The zero-order valence-corrected chi connectivity index (χ0v) is 13.6. The Kier molecular flexibility index (Phi) is 3.45. The van der Waals surface area contributed by atoms with E-state index in [-0.39, 0.29) is 5.91 Å². The molecular formula is C18H18N4O2. The highest BCUT2D eigenvalue weighted by Gasteiger charge is 2.29. The zero-order valence-electron chi connectivity index (χ0n) is 13.6. The molecule has 6 heteroatoms. The summed E-state index contributed by atoms with van der Waals surface area (Å²) in [5, 5.41) is 7.50. The lowest BCUT2D eigenvalue weighted by atomic mass is 10.1. The van der Waals surface area contributed by atoms with Gasteiger partial charge in [0.25, 0.3) is 0 Å². The molecule has 0 unspecified atom stereocenters. The molecular weight excluding hydrogens is 304 g/mol. The lowest BCUT2D eigenvalue weighted by Crippen LogP contribution is -2.05. The third kappa shape index (κ3) is 2.60. The van der Waals surface area contributed by atoms with Crippen molar-refractivity contribution >= 4 is 17.2 Å². The van der Waals surface area contributed by atoms with Gasteiger partial charge in [-0.3, -0.25) is 4.79 Å². The van der Waals surface area contributed by atoms with Gasteiger partial charge in [-0.05, 0) is 37.1 Å². The third-order valence-corrected chi connectivity index (χ3v) is 4.11. The minimum Gasteiger partial charge on any atom is -0.493 e. The number of anilines is 1. The number of methoxy groups -OCH3 is 1. The third-order valence-electron chi connectivity index (χ3n) is 4.11. The van der Waals surface area contributed by atoms with E-state index >= 15 is 0 Å². The summed E-state index contributed by atoms with van der Waals surface area (Å²) in [5.41, 5.74) is 3.35. The summed E-state index contributed by atoms with van der Waals surface area (Å²) in [6, 6.07) is 11.6. The number of benzene rings is 1. The van der Waals surface area contributed by atoms with Crippen LogP contribution in [0.15, 0.2) is 36.4 Å². The van der Waals surface area contributed by atoms with Gasteiger partial charge < -0.3 is 10.1 Å². The van der Waals surface area contributed by atoms with Crippen molar-refractivity contribution in [1.29, 1.82) is 0 Å². The molecule has 0 atom stereocenters. The Hall–Kier alpha value is -2.89. The van der Waals surface area contributed by atoms with Gasteiger partial charge in [-0.15, -0.1) is 0 Å². The number of rotatable bonds is 4. The summed E-state index contributed by atoms with van der Waals surface area (Å²) >= 11 is 0. The maximum Gasteiger partial charge on any atom is 0.221 e. The van der Waals surface area contributed by atoms with Crippen molar-refractivity contribution in [2.24, 2.45) is 0 Å². The Balaban J connectivity index is 1.85. The van der Waals surface area contributed by atoms with Crippen LogP contribution in [0, 0.1) is 0 Å². The molecule has 24 heavy (non-hydrogen) atoms. The molecule has 0 bridgehead atoms. The minimum absolute atomic E-state index is 0.0937. The van der Waals surface area contributed by atoms with Crippen LogP contribution in [0.5, 0.6) is 5.75 Å². The molecule has 2 heterocycles. The van der Waals surface area contributed by atoms with Crippen molar-refractivity contribution < 1.29 is 9.53 Å². The number of amides is 1. The second kappa shape index (κ2) is 5.63. The SMILES string of the molecule is COc1ccc(-c2cccc(NC(C)=O)c2)n2nc(C3CC3)nc12. The molecule has 4 rings (SSSR count). The second-order valence-electron chi connectivity index (χ2n) is 6.03. The lowest BCUT2D eigenvalue weighted by Gasteiger charge is -2.09. The van der Waals surface area contributed by atoms with Crippen LogP contribution in [0.1, 0.15) is 31.5 Å². The number of hydrogen-bond donors (Lipinski definition) is 1. The van der Waals surface area contributed by atoms with E-state index in [1.54, 1.807) is 7.11 Å². The molecule has 1 aliphatic rings. The number of nitrogens with zero attached hydrogens (tertiary/aromatic N) is 3. The van der Waals surface area contributed by atoms with Crippen molar-refractivity contribution in [2.45, 2.75) is 25.7 Å². The number of nitrogens with one attached hydrogen (secondary N) is 1. The highest BCUT2D eigenvalue weighted by atomic mass is 16.5. The van der Waals surface area contributed by atoms with Crippen molar-refractivity contribution in [1.82, 2.24) is 14.6 Å². The van der Waals surface area contributed by atoms with E-state index < -0.39 is 0 Å². The summed E-state index contributed by atoms with van der Waals surface area (Å²) in [4.78, 5) is 15.9. The van der Waals surface area contributed by atoms with E-state index in [1.165, 1.54) is 6.92 Å². The molecule has 0 radical (unpaired) electrons. The van der Waals surface area contributed by atoms with E-state index in [0.29, 0.717) is 11.7 Å². The van der Waals surface area contributed by atoms with Crippen molar-refractivity contribution in [3.63, 3.8) is 0 Å². The number of carbonyl (C=O) groups excluding carboxylic acids is 1. The van der Waals surface area contributed by atoms with Crippen molar-refractivity contribution in [3.05, 3.63) is 42.2 Å². The Morgan fingerprint density at radius 2 is 2.12 bits per heavy atom. The topological polar surface area (TPSA) is 68.5 Å². The summed E-state index contributed by atoms with van der Waals surface area (Å²) in [6.45, 7) is 1.50. The Morgan fingerprint density at radius 1 is 1.29 bits per heavy atom. The van der Waals surface area contributed by atoms with Crippen LogP contribution >= 0.6 is 0 Å². The van der Waals surface area contributed by atoms with Crippen LogP contribution in [-0.2, 0) is 4.79 Å². The van der Waals surface area contributed by atoms with E-state index in [0.717, 1.165) is 41.3 Å². The molecule has 1 amide bonds. The smallest absolute Gasteiger partial charge is 0.221 e. The molecule has 122 valence electrons. The highest BCUT2D eigenvalue weighted by Crippen LogP contribution is 2.39. The first-order valence-electron chi connectivity index (χ1n) is 7.97. The summed E-state index contributed by atoms with van der Waals surface area (Å²) in [5.74, 6) is 1.95. The van der Waals surface area contributed by atoms with Gasteiger partial charge in [-0.1, -0.05) is 12.1 Å². The predicted molar refractivity (Wildman–Crippen MR) is 91.3 cm³/mol. The summed E-state index contributed by atoms with van der Waals surface area (Å²) < 4.78 is 7.26. The van der Waals surface area contributed by atoms with Gasteiger partial charge in [0.15, 0.2) is 17.2 Å². The van der Waals surface area contributed by atoms with Crippen LogP contribution in [0.25, 0.3) is 16.9 Å². The average molecular weight is 322 g/mol. The van der Waals surface area contributed by atoms with Gasteiger partial charge in [0.2, 0.25) is 5.91 Å². The molecule has 1 N–H and O–H groups in total. The molecule has 1 fully saturated rings. The first-order chi connectivity index (χ1) is 11.7. The summed E-state index contributed by atoms with van der Waals surface area (Å²) in [7, 11) is 1.64. The number of ether oxygens (including phenoxy) is 1. The molecule has 3 aromatic rings. The Morgan fingerprint density at radius 3 is 2.83 bits per heavy atom. The van der Waals surface area contributed by atoms with Gasteiger partial charge in [-0.25, -0.2) is 9.50 Å². The van der Waals surface area contributed by atoms with E-state index in [1.807, 2.05) is 40.9 Å². The fourth-order valence-electron chi connectivity index (χ4n) is 2.81. The normalized spacial score (nSPS) is 13.9. The largest absolute Gasteiger partial charge is 0.493 e. The molecule has 2 aromatic heterocycles. The molecule has 0 saturated heterocycles. The van der Waals surface area contributed by atoms with Crippen LogP contribution in [0.3, 0.4) is 0 Å². The van der Waals surface area contributed by atoms with E-state index in [4.69, 9.17) is 4.74 Å². The van der Waals surface area contributed by atoms with Gasteiger partial charge in [0.1, 0.15) is 0 Å². The number of pyridine rings is 1. The monoisotopic (exact) mass is 322 g/mol. The Bertz CT molecular complexity index is 928. The Labute approximate surface area is 139 Å². The van der Waals surface area contributed by atoms with Crippen molar-refractivity contribution in [3.8, 4) is 17.0 Å². The van der Waals surface area contributed by atoms with Crippen LogP contribution < -0.4 is 10.1 Å². The molecule has 1 aromatic carbocycles. The number of fused-ring (bicyclic) bond motifs is 1. The summed E-state index contributed by atoms with van der Waals surface area (Å²) in [6.07, 6.45) is 2.29. The van der Waals surface area contributed by atoms with Crippen molar-refractivity contribution in [2.75, 3.05) is 12.4 Å². The van der Waals surface area contributed by atoms with Gasteiger partial charge in [-0.2, -0.15) is 5.10 Å². The highest BCUT2D eigenvalue weighted by molar-refractivity contribution is 5.89. The molecule has 1 aliphatic carbocycles. The number of hydrogen-bond acceptors (Lipinski definition) is 4. The maximum atomic E-state index is 11.3. The fraction of sp³-hybridized carbons (Fsp3) is 0.278. The minimum atomic E-state index is -0.0937. The second-order valence-corrected chi connectivity index (χ2v) is 6.03. The van der Waals surface area contributed by atoms with Crippen LogP contribution in [-0.4, -0.2) is 27.6 Å². The van der Waals surface area contributed by atoms with Gasteiger partial charge in [0, 0.05) is 24.1 Å². The van der Waals surface area contributed by atoms with Crippen LogP contribution in [0.4, 0.5) is 5.69 Å². The first-order valence-corrected chi connectivity index (χ1v) is 7.97. The lowest BCUT2D eigenvalue weighted by molar-refractivity contribution is -0.114. The number of aromatic nitrogens is 3. The number of carbonyl (C=O) groups is 1. The van der Waals surface area contributed by atoms with E-state index in [9.17, 15) is 4.79 Å². The van der Waals surface area contributed by atoms with Gasteiger partial charge >= 0.3 is 0 Å². The standard InChI is InChI=1S/C18H18N4O2/c1-11(23)19-14-5-3-4-13(10-14)15-8-9-16(24-2)18-20-17(12-6-7-12)21-22(15)18/h3-5,8-10,12H,6-7H2,1-2H3,(H,19,23). The maximum absolute atomic E-state index is 11.3. The molecule has 1 saturated carbocycles. The fourth-order valence-corrected chi connectivity index (χ4v) is 2.81. The van der Waals surface area contributed by atoms with Gasteiger partial charge in [0.05, 0.1) is 12.8 Å².